The summed E-state index contributed by atoms with van der Waals surface area (Å²) in [6, 6.07) is 23.7. The maximum absolute atomic E-state index is 15.1. The first-order valence-corrected chi connectivity index (χ1v) is 32.9. The number of rotatable bonds is 24. The summed E-state index contributed by atoms with van der Waals surface area (Å²) in [5, 5.41) is 15.0. The number of halogens is 2. The van der Waals surface area contributed by atoms with Crippen LogP contribution in [0.2, 0.25) is 0 Å². The smallest absolute Gasteiger partial charge is 0.480 e. The lowest BCUT2D eigenvalue weighted by Gasteiger charge is -2.37. The molecule has 0 aromatic heterocycles. The molecule has 1 spiro atoms. The van der Waals surface area contributed by atoms with Gasteiger partial charge in [-0.3, -0.25) is 38.7 Å². The molecule has 21 nitrogen and oxygen atoms in total. The summed E-state index contributed by atoms with van der Waals surface area (Å²) in [7, 11) is 0.572. The van der Waals surface area contributed by atoms with E-state index in [4.69, 9.17) is 37.2 Å². The minimum absolute atomic E-state index is 0.0352. The lowest BCUT2D eigenvalue weighted by atomic mass is 9.72. The van der Waals surface area contributed by atoms with Gasteiger partial charge < -0.3 is 44.0 Å². The Bertz CT molecular complexity index is 3720. The molecule has 3 fully saturated rings. The van der Waals surface area contributed by atoms with E-state index in [1.807, 2.05) is 30.3 Å². The molecule has 6 aliphatic rings. The SMILES string of the molecule is CN(CCN(C)C(=O)Oc1cc2c(c3ccccc13)[C@H](CCl)CN2C(=O)C12CC3(C(=O)N4CC(CCl)c5c4cc(OP(=O)(O)O)c4ccccc54)CC31C2)C(=O)OCc1ccccc1SSC[C@H](NC(=O)CCCCCN1C(=O)C=CC1=O)C(=O)O. The van der Waals surface area contributed by atoms with E-state index in [2.05, 4.69) is 5.32 Å². The van der Waals surface area contributed by atoms with Gasteiger partial charge >= 0.3 is 26.0 Å². The second-order valence-corrected chi connectivity index (χ2v) is 26.9. The van der Waals surface area contributed by atoms with Gasteiger partial charge in [-0.2, -0.15) is 0 Å². The number of carboxylic acid groups (broad SMARTS) is 1. The second-order valence-electron chi connectivity index (χ2n) is 22.8. The number of benzene rings is 5. The normalized spacial score (nSPS) is 22.4. The predicted octanol–water partition coefficient (Wildman–Crippen LogP) is 9.17. The number of unbranched alkanes of at least 4 members (excludes halogenated alkanes) is 2. The fraction of sp³-hybridized carbons (Fsp3) is 0.400. The summed E-state index contributed by atoms with van der Waals surface area (Å²) in [6.07, 6.45) is 4.00. The van der Waals surface area contributed by atoms with Gasteiger partial charge in [-0.05, 0) is 60.1 Å². The molecule has 0 bridgehead atoms. The number of nitrogens with zero attached hydrogens (tertiary/aromatic N) is 5. The van der Waals surface area contributed by atoms with Crippen molar-refractivity contribution in [2.45, 2.75) is 74.3 Å². The van der Waals surface area contributed by atoms with Gasteiger partial charge in [-0.25, -0.2) is 18.9 Å². The summed E-state index contributed by atoms with van der Waals surface area (Å²) in [5.74, 6) is -2.55. The number of aliphatic carboxylic acids is 1. The molecule has 3 heterocycles. The zero-order valence-electron chi connectivity index (χ0n) is 46.8. The fourth-order valence-corrected chi connectivity index (χ4v) is 16.6. The van der Waals surface area contributed by atoms with Crippen LogP contribution < -0.4 is 24.4 Å². The molecule has 0 radical (unpaired) electrons. The van der Waals surface area contributed by atoms with Crippen molar-refractivity contribution in [3.63, 3.8) is 0 Å². The van der Waals surface area contributed by atoms with Gasteiger partial charge in [0, 0.05) is 134 Å². The summed E-state index contributed by atoms with van der Waals surface area (Å²) < 4.78 is 29.1. The highest BCUT2D eigenvalue weighted by Crippen LogP contribution is 3.01. The lowest BCUT2D eigenvalue weighted by Crippen LogP contribution is -2.49. The second kappa shape index (κ2) is 24.0. The number of phosphoric ester groups is 1. The van der Waals surface area contributed by atoms with E-state index in [1.165, 1.54) is 63.7 Å². The summed E-state index contributed by atoms with van der Waals surface area (Å²) in [6.45, 7) is 0.794. The largest absolute Gasteiger partial charge is 0.524 e. The Morgan fingerprint density at radius 3 is 1.83 bits per heavy atom. The molecule has 7 amide bonds. The molecule has 3 saturated carbocycles. The lowest BCUT2D eigenvalue weighted by molar-refractivity contribution is -0.141. The monoisotopic (exact) mass is 1270 g/mol. The minimum atomic E-state index is -4.97. The average molecular weight is 1270 g/mol. The van der Waals surface area contributed by atoms with Gasteiger partial charge in [0.2, 0.25) is 17.7 Å². The molecule has 11 rings (SSSR count). The van der Waals surface area contributed by atoms with Gasteiger partial charge in [-0.15, -0.1) is 23.2 Å². The third-order valence-corrected chi connectivity index (χ3v) is 21.3. The van der Waals surface area contributed by atoms with Crippen LogP contribution in [0.5, 0.6) is 11.5 Å². The molecule has 5 aromatic rings. The number of anilines is 2. The number of imide groups is 1. The van der Waals surface area contributed by atoms with Crippen LogP contribution in [-0.4, -0.2) is 148 Å². The van der Waals surface area contributed by atoms with Crippen LogP contribution >= 0.6 is 52.6 Å². The Morgan fingerprint density at radius 2 is 1.27 bits per heavy atom. The molecule has 3 aliphatic carbocycles. The van der Waals surface area contributed by atoms with Crippen molar-refractivity contribution < 1.29 is 71.8 Å². The number of hydrogen-bond donors (Lipinski definition) is 4. The van der Waals surface area contributed by atoms with Crippen LogP contribution in [-0.2, 0) is 44.7 Å². The number of amides is 7. The van der Waals surface area contributed by atoms with Crippen molar-refractivity contribution in [3.05, 3.63) is 114 Å². The molecule has 86 heavy (non-hydrogen) atoms. The van der Waals surface area contributed by atoms with Crippen LogP contribution in [0, 0.1) is 16.2 Å². The quantitative estimate of drug-likeness (QED) is 0.0147. The topological polar surface area (TPSA) is 270 Å². The van der Waals surface area contributed by atoms with Gasteiger partial charge in [-0.1, -0.05) is 94.7 Å². The van der Waals surface area contributed by atoms with Crippen molar-refractivity contribution in [2.24, 2.45) is 16.2 Å². The van der Waals surface area contributed by atoms with Gasteiger partial charge in [0.05, 0.1) is 22.2 Å². The van der Waals surface area contributed by atoms with E-state index in [9.17, 15) is 53.0 Å². The molecule has 452 valence electrons. The fourth-order valence-electron chi connectivity index (χ4n) is 13.3. The Kier molecular flexibility index (Phi) is 17.0. The Labute approximate surface area is 512 Å². The summed E-state index contributed by atoms with van der Waals surface area (Å²) >= 11 is 13.2. The highest BCUT2D eigenvalue weighted by Gasteiger charge is 3.01. The van der Waals surface area contributed by atoms with Crippen LogP contribution in [0.4, 0.5) is 21.0 Å². The van der Waals surface area contributed by atoms with Crippen molar-refractivity contribution in [3.8, 4) is 11.5 Å². The highest BCUT2D eigenvalue weighted by atomic mass is 35.5. The zero-order chi connectivity index (χ0) is 61.0. The van der Waals surface area contributed by atoms with E-state index in [-0.39, 0.29) is 110 Å². The van der Waals surface area contributed by atoms with Crippen molar-refractivity contribution in [1.29, 1.82) is 0 Å². The number of nitrogens with one attached hydrogen (secondary N) is 1. The predicted molar refractivity (Wildman–Crippen MR) is 323 cm³/mol. The third-order valence-electron chi connectivity index (χ3n) is 17.7. The minimum Gasteiger partial charge on any atom is -0.480 e. The number of phosphoric acid groups is 1. The third kappa shape index (κ3) is 11.2. The van der Waals surface area contributed by atoms with E-state index in [1.54, 1.807) is 58.3 Å². The number of carbonyl (C=O) groups is 8. The number of ether oxygens (including phenoxy) is 2. The molecule has 26 heteroatoms. The van der Waals surface area contributed by atoms with Crippen LogP contribution in [0.15, 0.2) is 102 Å². The number of carboxylic acids is 1. The molecule has 4 N–H and O–H groups in total. The number of fused-ring (bicyclic) bond motifs is 6. The molecule has 5 aromatic carbocycles. The number of alkyl halides is 2. The molecule has 0 saturated heterocycles. The Hall–Kier alpha value is -6.85. The highest BCUT2D eigenvalue weighted by molar-refractivity contribution is 8.76. The van der Waals surface area contributed by atoms with Gasteiger partial charge in [0.1, 0.15) is 24.1 Å². The average Bonchev–Trinajstić information content (AvgIpc) is 1.40. The van der Waals surface area contributed by atoms with Crippen LogP contribution in [0.1, 0.15) is 73.5 Å². The molecule has 6 atom stereocenters. The van der Waals surface area contributed by atoms with Crippen LogP contribution in [0.3, 0.4) is 0 Å². The van der Waals surface area contributed by atoms with Crippen molar-refractivity contribution in [1.82, 2.24) is 20.0 Å². The maximum Gasteiger partial charge on any atom is 0.524 e. The van der Waals surface area contributed by atoms with E-state index >= 15 is 4.79 Å². The summed E-state index contributed by atoms with van der Waals surface area (Å²) in [5.41, 5.74) is 1.19. The molecular weight excluding hydrogens is 1210 g/mol. The first-order valence-electron chi connectivity index (χ1n) is 28.0. The number of carbonyl (C=O) groups excluding carboxylic acids is 7. The zero-order valence-corrected chi connectivity index (χ0v) is 50.8. The molecule has 3 aliphatic heterocycles. The Morgan fingerprint density at radius 1 is 0.733 bits per heavy atom. The van der Waals surface area contributed by atoms with E-state index < -0.39 is 54.2 Å². The number of likely N-dealkylation sites (N-methyl/N-ethyl adjacent to an activating group) is 2. The first-order chi connectivity index (χ1) is 41.1. The van der Waals surface area contributed by atoms with Gasteiger partial charge in [0.25, 0.3) is 11.8 Å². The first kappa shape index (κ1) is 60.8. The van der Waals surface area contributed by atoms with Gasteiger partial charge in [0.15, 0.2) is 0 Å². The van der Waals surface area contributed by atoms with E-state index in [0.29, 0.717) is 71.6 Å². The number of hydrogen-bond acceptors (Lipinski definition) is 14. The van der Waals surface area contributed by atoms with Crippen LogP contribution in [0.25, 0.3) is 21.5 Å². The molecule has 4 unspecified atom stereocenters. The van der Waals surface area contributed by atoms with Crippen molar-refractivity contribution in [2.75, 3.05) is 74.1 Å². The standard InChI is InChI=1S/C60H61Cl2N6O15PS2/c1-64(56(76)81-30-35-12-5-10-17-47(35)86-85-31-42(53(72)73)63-48(69)18-4-3-11-21-66-49(70)19-20-50(66)71)22-23-65(2)57(77)82-45-24-43-51(40-15-8-6-13-38(40)45)36(26-61)28-67(43)54(74)58-32-59(34-60(58,59)33-58)55(75)68-29-37(27-62)52-41-16-9-7-14-39(41)46(25-44(52)68)83-84(78,79)80/h5-10,12-17,19-20,24-25,36-37,42H,3-4,11,18,21-23,26-34H2,1-2H3,(H,63,69)(H,72,73)(H2,78,79,80)/t36-,37?,42+,58?,59?,60?/m1/s1. The maximum atomic E-state index is 15.1. The van der Waals surface area contributed by atoms with Crippen molar-refractivity contribution >= 4 is 133 Å². The van der Waals surface area contributed by atoms with E-state index in [0.717, 1.165) is 26.3 Å². The molecular formula is C60H61Cl2N6O15PS2. The summed E-state index contributed by atoms with van der Waals surface area (Å²) in [4.78, 5) is 133. The Balaban J connectivity index is 0.685.